The summed E-state index contributed by atoms with van der Waals surface area (Å²) in [5.41, 5.74) is 1.61. The van der Waals surface area contributed by atoms with Gasteiger partial charge in [-0.1, -0.05) is 13.0 Å². The summed E-state index contributed by atoms with van der Waals surface area (Å²) in [6, 6.07) is 7.74. The molecule has 0 fully saturated rings. The standard InChI is InChI=1S/C22H26FN7O3S/c1-4-10-34(32,33)29-9-8-15-12-18(23)17(11-16(15)13-29)22(31)25-20-7-5-6-19(24-20)21-26-27-28-30(21)14(2)3/h5-7,11-12,14H,4,8-10,13H2,1-3H3,(H,24,25,31). The van der Waals surface area contributed by atoms with Gasteiger partial charge in [-0.25, -0.2) is 22.5 Å². The fourth-order valence-electron chi connectivity index (χ4n) is 3.87. The van der Waals surface area contributed by atoms with Crippen LogP contribution in [0.15, 0.2) is 30.3 Å². The molecule has 1 N–H and O–H groups in total. The number of fused-ring (bicyclic) bond motifs is 1. The molecule has 1 aliphatic rings. The molecule has 0 saturated heterocycles. The fourth-order valence-corrected chi connectivity index (χ4v) is 5.35. The molecular formula is C22H26FN7O3S. The highest BCUT2D eigenvalue weighted by Gasteiger charge is 2.28. The summed E-state index contributed by atoms with van der Waals surface area (Å²) in [7, 11) is -3.39. The van der Waals surface area contributed by atoms with Crippen molar-refractivity contribution < 1.29 is 17.6 Å². The molecule has 0 aliphatic carbocycles. The van der Waals surface area contributed by atoms with E-state index in [1.54, 1.807) is 29.8 Å². The first-order valence-corrected chi connectivity index (χ1v) is 12.7. The number of tetrazole rings is 1. The molecule has 180 valence electrons. The van der Waals surface area contributed by atoms with Gasteiger partial charge in [-0.2, -0.15) is 4.31 Å². The lowest BCUT2D eigenvalue weighted by Gasteiger charge is -2.28. The Morgan fingerprint density at radius 1 is 1.24 bits per heavy atom. The van der Waals surface area contributed by atoms with Gasteiger partial charge in [0.2, 0.25) is 15.8 Å². The number of nitrogens with one attached hydrogen (secondary N) is 1. The van der Waals surface area contributed by atoms with Crippen molar-refractivity contribution in [2.75, 3.05) is 17.6 Å². The molecule has 0 saturated carbocycles. The lowest BCUT2D eigenvalue weighted by atomic mass is 9.97. The van der Waals surface area contributed by atoms with Gasteiger partial charge in [0, 0.05) is 13.1 Å². The minimum atomic E-state index is -3.39. The van der Waals surface area contributed by atoms with Crippen molar-refractivity contribution >= 4 is 21.7 Å². The van der Waals surface area contributed by atoms with Gasteiger partial charge in [-0.15, -0.1) is 5.10 Å². The molecule has 0 spiro atoms. The third kappa shape index (κ3) is 4.82. The molecule has 12 heteroatoms. The lowest BCUT2D eigenvalue weighted by Crippen LogP contribution is -2.37. The highest BCUT2D eigenvalue weighted by Crippen LogP contribution is 2.26. The minimum Gasteiger partial charge on any atom is -0.306 e. The van der Waals surface area contributed by atoms with Gasteiger partial charge < -0.3 is 5.32 Å². The van der Waals surface area contributed by atoms with Crippen LogP contribution in [-0.2, 0) is 23.0 Å². The first-order valence-electron chi connectivity index (χ1n) is 11.1. The Morgan fingerprint density at radius 2 is 2.03 bits per heavy atom. The number of carbonyl (C=O) groups is 1. The highest BCUT2D eigenvalue weighted by molar-refractivity contribution is 7.89. The molecule has 0 radical (unpaired) electrons. The minimum absolute atomic E-state index is 0.00958. The van der Waals surface area contributed by atoms with E-state index >= 15 is 0 Å². The fraction of sp³-hybridized carbons (Fsp3) is 0.409. The normalized spacial score (nSPS) is 14.3. The van der Waals surface area contributed by atoms with Crippen molar-refractivity contribution in [2.24, 2.45) is 0 Å². The average Bonchev–Trinajstić information content (AvgIpc) is 3.29. The number of benzene rings is 1. The van der Waals surface area contributed by atoms with Gasteiger partial charge in [0.15, 0.2) is 0 Å². The number of pyridine rings is 1. The van der Waals surface area contributed by atoms with E-state index in [-0.39, 0.29) is 29.7 Å². The van der Waals surface area contributed by atoms with Crippen LogP contribution in [0.5, 0.6) is 0 Å². The Balaban J connectivity index is 1.57. The van der Waals surface area contributed by atoms with E-state index in [1.165, 1.54) is 16.4 Å². The van der Waals surface area contributed by atoms with Gasteiger partial charge in [0.25, 0.3) is 5.91 Å². The molecule has 0 atom stereocenters. The molecule has 3 aromatic rings. The largest absolute Gasteiger partial charge is 0.306 e. The van der Waals surface area contributed by atoms with Gasteiger partial charge in [0.1, 0.15) is 17.3 Å². The van der Waals surface area contributed by atoms with Crippen molar-refractivity contribution in [3.63, 3.8) is 0 Å². The monoisotopic (exact) mass is 487 g/mol. The number of nitrogens with zero attached hydrogens (tertiary/aromatic N) is 6. The van der Waals surface area contributed by atoms with Crippen LogP contribution in [0, 0.1) is 5.82 Å². The molecule has 1 aliphatic heterocycles. The van der Waals surface area contributed by atoms with Crippen LogP contribution in [0.4, 0.5) is 10.2 Å². The van der Waals surface area contributed by atoms with Crippen LogP contribution in [0.2, 0.25) is 0 Å². The van der Waals surface area contributed by atoms with E-state index in [4.69, 9.17) is 0 Å². The highest BCUT2D eigenvalue weighted by atomic mass is 32.2. The summed E-state index contributed by atoms with van der Waals surface area (Å²) >= 11 is 0. The van der Waals surface area contributed by atoms with Crippen molar-refractivity contribution in [2.45, 2.75) is 46.2 Å². The maximum Gasteiger partial charge on any atom is 0.259 e. The SMILES string of the molecule is CCCS(=O)(=O)N1CCc2cc(F)c(C(=O)Nc3cccc(-c4nnnn4C(C)C)n3)cc2C1. The molecule has 0 bridgehead atoms. The van der Waals surface area contributed by atoms with E-state index < -0.39 is 21.7 Å². The smallest absolute Gasteiger partial charge is 0.259 e. The van der Waals surface area contributed by atoms with Gasteiger partial charge >= 0.3 is 0 Å². The predicted octanol–water partition coefficient (Wildman–Crippen LogP) is 2.81. The Kier molecular flexibility index (Phi) is 6.71. The summed E-state index contributed by atoms with van der Waals surface area (Å²) in [6.45, 7) is 6.08. The van der Waals surface area contributed by atoms with Crippen molar-refractivity contribution in [3.05, 3.63) is 52.8 Å². The van der Waals surface area contributed by atoms with Crippen molar-refractivity contribution in [3.8, 4) is 11.5 Å². The van der Waals surface area contributed by atoms with Crippen molar-refractivity contribution in [1.29, 1.82) is 0 Å². The quantitative estimate of drug-likeness (QED) is 0.544. The second-order valence-electron chi connectivity index (χ2n) is 8.40. The van der Waals surface area contributed by atoms with E-state index in [2.05, 4.69) is 25.8 Å². The topological polar surface area (TPSA) is 123 Å². The number of sulfonamides is 1. The second kappa shape index (κ2) is 9.55. The Labute approximate surface area is 197 Å². The first kappa shape index (κ1) is 23.9. The third-order valence-electron chi connectivity index (χ3n) is 5.57. The molecule has 1 amide bonds. The number of halogens is 1. The Bertz CT molecular complexity index is 1320. The van der Waals surface area contributed by atoms with Crippen LogP contribution in [0.25, 0.3) is 11.5 Å². The summed E-state index contributed by atoms with van der Waals surface area (Å²) < 4.78 is 42.7. The zero-order valence-corrected chi connectivity index (χ0v) is 20.0. The summed E-state index contributed by atoms with van der Waals surface area (Å²) in [5.74, 6) is -0.633. The number of hydrogen-bond donors (Lipinski definition) is 1. The number of rotatable bonds is 7. The molecule has 4 rings (SSSR count). The van der Waals surface area contributed by atoms with Gasteiger partial charge in [0.05, 0.1) is 17.4 Å². The lowest BCUT2D eigenvalue weighted by molar-refractivity contribution is 0.102. The molecule has 10 nitrogen and oxygen atoms in total. The Morgan fingerprint density at radius 3 is 2.76 bits per heavy atom. The zero-order valence-electron chi connectivity index (χ0n) is 19.2. The zero-order chi connectivity index (χ0) is 24.5. The summed E-state index contributed by atoms with van der Waals surface area (Å²) in [4.78, 5) is 17.3. The maximum absolute atomic E-state index is 14.8. The van der Waals surface area contributed by atoms with E-state index in [1.807, 2.05) is 13.8 Å². The molecule has 34 heavy (non-hydrogen) atoms. The van der Waals surface area contributed by atoms with E-state index in [0.717, 1.165) is 0 Å². The summed E-state index contributed by atoms with van der Waals surface area (Å²) in [6.07, 6.45) is 0.906. The first-order chi connectivity index (χ1) is 16.2. The summed E-state index contributed by atoms with van der Waals surface area (Å²) in [5, 5.41) is 14.3. The average molecular weight is 488 g/mol. The molecule has 3 heterocycles. The number of carbonyl (C=O) groups excluding carboxylic acids is 1. The van der Waals surface area contributed by atoms with Crippen molar-refractivity contribution in [1.82, 2.24) is 29.5 Å². The maximum atomic E-state index is 14.8. The number of aromatic nitrogens is 5. The molecule has 1 aromatic carbocycles. The van der Waals surface area contributed by atoms with Crippen LogP contribution in [0.1, 0.15) is 54.7 Å². The van der Waals surface area contributed by atoms with E-state index in [0.29, 0.717) is 42.0 Å². The Hall–Kier alpha value is -3.25. The molecule has 2 aromatic heterocycles. The number of anilines is 1. The second-order valence-corrected chi connectivity index (χ2v) is 10.5. The number of hydrogen-bond acceptors (Lipinski definition) is 7. The van der Waals surface area contributed by atoms with Crippen LogP contribution < -0.4 is 5.32 Å². The predicted molar refractivity (Wildman–Crippen MR) is 124 cm³/mol. The molecular weight excluding hydrogens is 461 g/mol. The van der Waals surface area contributed by atoms with Gasteiger partial charge in [-0.05, 0) is 72.5 Å². The van der Waals surface area contributed by atoms with Crippen LogP contribution in [0.3, 0.4) is 0 Å². The number of amides is 1. The van der Waals surface area contributed by atoms with Gasteiger partial charge in [-0.3, -0.25) is 4.79 Å². The molecule has 0 unspecified atom stereocenters. The third-order valence-corrected chi connectivity index (χ3v) is 7.59. The van der Waals surface area contributed by atoms with E-state index in [9.17, 15) is 17.6 Å². The van der Waals surface area contributed by atoms with Crippen LogP contribution >= 0.6 is 0 Å². The van der Waals surface area contributed by atoms with Crippen LogP contribution in [-0.4, -0.2) is 56.1 Å².